The maximum atomic E-state index is 14.6. The summed E-state index contributed by atoms with van der Waals surface area (Å²) in [5, 5.41) is 8.96. The Labute approximate surface area is 236 Å². The smallest absolute Gasteiger partial charge is 0.318 e. The number of aromatic nitrogens is 3. The van der Waals surface area contributed by atoms with Crippen LogP contribution < -0.4 is 16.0 Å². The first-order valence-corrected chi connectivity index (χ1v) is 13.5. The molecule has 40 heavy (non-hydrogen) atoms. The van der Waals surface area contributed by atoms with Gasteiger partial charge in [-0.3, -0.25) is 9.78 Å². The monoisotopic (exact) mass is 567 g/mol. The van der Waals surface area contributed by atoms with Crippen molar-refractivity contribution in [3.8, 4) is 11.3 Å². The third-order valence-electron chi connectivity index (χ3n) is 7.36. The Morgan fingerprint density at radius 3 is 2.83 bits per heavy atom. The summed E-state index contributed by atoms with van der Waals surface area (Å²) < 4.78 is 19.7. The predicted octanol–water partition coefficient (Wildman–Crippen LogP) is 5.75. The van der Waals surface area contributed by atoms with Gasteiger partial charge in [-0.05, 0) is 50.1 Å². The van der Waals surface area contributed by atoms with Crippen molar-refractivity contribution in [3.63, 3.8) is 0 Å². The number of hydrogen-bond donors (Lipinski definition) is 4. The molecule has 3 amide bonds. The lowest BCUT2D eigenvalue weighted by Crippen LogP contribution is -2.50. The standard InChI is InChI=1S/C28H31ClFN7O3/c1-15-5-4-6-23(37-12-10-20(36-28(37)39)25-24(30)19(29)9-11-31-25)26-32-14-22(34-26)18-8-7-17(33-16(2)40-3)13-21(18)35-27(15)38/h7-9,11,13-15,20,23,33H,2,4-6,10,12H2,1,3H3,(H,32,34)(H,35,38)(H,36,39)/t15-,20?,23+/m1/s1. The average molecular weight is 568 g/mol. The zero-order valence-electron chi connectivity index (χ0n) is 22.3. The number of imidazole rings is 1. The zero-order chi connectivity index (χ0) is 28.4. The normalized spacial score (nSPS) is 21.3. The third-order valence-corrected chi connectivity index (χ3v) is 7.66. The fraction of sp³-hybridized carbons (Fsp3) is 0.357. The van der Waals surface area contributed by atoms with Gasteiger partial charge in [-0.2, -0.15) is 0 Å². The number of anilines is 2. The molecule has 3 aromatic rings. The molecule has 4 heterocycles. The molecule has 210 valence electrons. The number of nitrogens with zero attached hydrogens (tertiary/aromatic N) is 3. The number of nitrogens with one attached hydrogen (secondary N) is 4. The molecule has 0 saturated carbocycles. The molecular weight excluding hydrogens is 537 g/mol. The molecule has 12 heteroatoms. The van der Waals surface area contributed by atoms with Gasteiger partial charge >= 0.3 is 6.03 Å². The Morgan fingerprint density at radius 2 is 2.05 bits per heavy atom. The molecule has 0 aliphatic carbocycles. The van der Waals surface area contributed by atoms with Crippen molar-refractivity contribution >= 4 is 34.9 Å². The van der Waals surface area contributed by atoms with E-state index in [0.29, 0.717) is 61.0 Å². The van der Waals surface area contributed by atoms with E-state index in [4.69, 9.17) is 16.3 Å². The molecule has 1 aromatic carbocycles. The maximum Gasteiger partial charge on any atom is 0.318 e. The van der Waals surface area contributed by atoms with Gasteiger partial charge in [-0.25, -0.2) is 14.2 Å². The lowest BCUT2D eigenvalue weighted by molar-refractivity contribution is -0.119. The predicted molar refractivity (Wildman–Crippen MR) is 150 cm³/mol. The van der Waals surface area contributed by atoms with Gasteiger partial charge in [0.15, 0.2) is 11.7 Å². The second-order valence-electron chi connectivity index (χ2n) is 10.0. The van der Waals surface area contributed by atoms with Gasteiger partial charge in [0, 0.05) is 29.9 Å². The number of fused-ring (bicyclic) bond motifs is 4. The number of aromatic amines is 1. The molecule has 2 aliphatic rings. The highest BCUT2D eigenvalue weighted by Gasteiger charge is 2.35. The molecule has 1 fully saturated rings. The van der Waals surface area contributed by atoms with E-state index in [1.807, 2.05) is 25.1 Å². The number of urea groups is 1. The lowest BCUT2D eigenvalue weighted by Gasteiger charge is -2.37. The Hall–Kier alpha value is -4.12. The number of amides is 3. The fourth-order valence-electron chi connectivity index (χ4n) is 5.11. The van der Waals surface area contributed by atoms with Crippen LogP contribution in [0, 0.1) is 11.7 Å². The summed E-state index contributed by atoms with van der Waals surface area (Å²) in [5.74, 6) is 0.0267. The molecule has 0 radical (unpaired) electrons. The van der Waals surface area contributed by atoms with Crippen LogP contribution in [0.15, 0.2) is 49.1 Å². The van der Waals surface area contributed by atoms with Crippen molar-refractivity contribution < 1.29 is 18.7 Å². The van der Waals surface area contributed by atoms with Crippen LogP contribution >= 0.6 is 11.6 Å². The second kappa shape index (κ2) is 11.5. The molecule has 2 aliphatic heterocycles. The molecule has 3 atom stereocenters. The average Bonchev–Trinajstić information content (AvgIpc) is 3.42. The number of methoxy groups -OCH3 is 1. The van der Waals surface area contributed by atoms with E-state index >= 15 is 0 Å². The number of pyridine rings is 1. The summed E-state index contributed by atoms with van der Waals surface area (Å²) in [4.78, 5) is 40.3. The summed E-state index contributed by atoms with van der Waals surface area (Å²) in [5.41, 5.74) is 2.87. The SMILES string of the molecule is C=C(Nc1ccc2c(c1)NC(=O)[C@H](C)CCC[C@H](N1CCC(c3nccc(Cl)c3F)NC1=O)c1ncc-2[nH]1)OC. The summed E-state index contributed by atoms with van der Waals surface area (Å²) in [6, 6.07) is 5.62. The van der Waals surface area contributed by atoms with Crippen molar-refractivity contribution in [1.29, 1.82) is 0 Å². The summed E-state index contributed by atoms with van der Waals surface area (Å²) in [6.45, 7) is 6.05. The summed E-state index contributed by atoms with van der Waals surface area (Å²) >= 11 is 5.94. The topological polar surface area (TPSA) is 124 Å². The quantitative estimate of drug-likeness (QED) is 0.291. The highest BCUT2D eigenvalue weighted by atomic mass is 35.5. The molecular formula is C28H31ClFN7O3. The van der Waals surface area contributed by atoms with Crippen LogP contribution in [0.25, 0.3) is 11.3 Å². The zero-order valence-corrected chi connectivity index (χ0v) is 23.0. The van der Waals surface area contributed by atoms with E-state index in [0.717, 1.165) is 5.56 Å². The molecule has 2 bridgehead atoms. The van der Waals surface area contributed by atoms with E-state index in [1.165, 1.54) is 19.4 Å². The van der Waals surface area contributed by atoms with Gasteiger partial charge in [-0.15, -0.1) is 0 Å². The van der Waals surface area contributed by atoms with Crippen molar-refractivity contribution in [3.05, 3.63) is 71.5 Å². The number of ether oxygens (including phenoxy) is 1. The Bertz CT molecular complexity index is 1450. The minimum Gasteiger partial charge on any atom is -0.483 e. The van der Waals surface area contributed by atoms with E-state index < -0.39 is 11.9 Å². The summed E-state index contributed by atoms with van der Waals surface area (Å²) in [6.07, 6.45) is 5.49. The molecule has 1 unspecified atom stereocenters. The van der Waals surface area contributed by atoms with Crippen molar-refractivity contribution in [1.82, 2.24) is 25.2 Å². The Kier molecular flexibility index (Phi) is 7.92. The number of halogens is 2. The highest BCUT2D eigenvalue weighted by Crippen LogP contribution is 2.36. The first-order chi connectivity index (χ1) is 19.2. The van der Waals surface area contributed by atoms with Gasteiger partial charge in [0.05, 0.1) is 47.5 Å². The van der Waals surface area contributed by atoms with Gasteiger partial charge < -0.3 is 30.6 Å². The van der Waals surface area contributed by atoms with Gasteiger partial charge in [0.2, 0.25) is 5.91 Å². The Balaban J connectivity index is 1.44. The molecule has 5 rings (SSSR count). The van der Waals surface area contributed by atoms with E-state index in [1.54, 1.807) is 11.1 Å². The van der Waals surface area contributed by atoms with Crippen LogP contribution in [0.4, 0.5) is 20.6 Å². The van der Waals surface area contributed by atoms with Crippen molar-refractivity contribution in [2.45, 2.75) is 44.7 Å². The Morgan fingerprint density at radius 1 is 1.23 bits per heavy atom. The van der Waals surface area contributed by atoms with Crippen LogP contribution in [-0.2, 0) is 9.53 Å². The molecule has 2 aromatic heterocycles. The first kappa shape index (κ1) is 27.4. The third kappa shape index (κ3) is 5.60. The van der Waals surface area contributed by atoms with Crippen LogP contribution in [0.5, 0.6) is 0 Å². The van der Waals surface area contributed by atoms with Crippen molar-refractivity contribution in [2.75, 3.05) is 24.3 Å². The minimum atomic E-state index is -0.625. The molecule has 1 saturated heterocycles. The van der Waals surface area contributed by atoms with Gasteiger partial charge in [0.25, 0.3) is 0 Å². The van der Waals surface area contributed by atoms with Crippen LogP contribution in [0.1, 0.15) is 56.2 Å². The van der Waals surface area contributed by atoms with Gasteiger partial charge in [-0.1, -0.05) is 24.9 Å². The largest absolute Gasteiger partial charge is 0.483 e. The molecule has 10 nitrogen and oxygen atoms in total. The molecule has 0 spiro atoms. The number of H-pyrrole nitrogens is 1. The van der Waals surface area contributed by atoms with Crippen LogP contribution in [0.3, 0.4) is 0 Å². The van der Waals surface area contributed by atoms with E-state index in [2.05, 4.69) is 37.5 Å². The fourth-order valence-corrected chi connectivity index (χ4v) is 5.27. The number of rotatable bonds is 5. The lowest BCUT2D eigenvalue weighted by atomic mass is 9.97. The first-order valence-electron chi connectivity index (χ1n) is 13.1. The van der Waals surface area contributed by atoms with Crippen LogP contribution in [-0.4, -0.2) is 45.4 Å². The summed E-state index contributed by atoms with van der Waals surface area (Å²) in [7, 11) is 1.52. The number of carbonyl (C=O) groups excluding carboxylic acids is 2. The van der Waals surface area contributed by atoms with Crippen LogP contribution in [0.2, 0.25) is 5.02 Å². The van der Waals surface area contributed by atoms with E-state index in [-0.39, 0.29) is 34.6 Å². The minimum absolute atomic E-state index is 0.0333. The maximum absolute atomic E-state index is 14.6. The van der Waals surface area contributed by atoms with Gasteiger partial charge in [0.1, 0.15) is 5.82 Å². The van der Waals surface area contributed by atoms with Crippen molar-refractivity contribution in [2.24, 2.45) is 5.92 Å². The second-order valence-corrected chi connectivity index (χ2v) is 10.4. The highest BCUT2D eigenvalue weighted by molar-refractivity contribution is 6.30. The van der Waals surface area contributed by atoms with E-state index in [9.17, 15) is 14.0 Å². The molecule has 4 N–H and O–H groups in total. The number of hydrogen-bond acceptors (Lipinski definition) is 6. The number of carbonyl (C=O) groups is 2. The number of benzene rings is 1.